The quantitative estimate of drug-likeness (QED) is 0.796. The molecule has 2 rings (SSSR count). The number of benzene rings is 1. The number of amides is 1. The number of nitrogens with one attached hydrogen (secondary N) is 1. The molecule has 0 aliphatic rings. The standard InChI is InChI=1S/C18H21F2N3O2/c1-12(23-13(2)24)7-14-3-5-15(6-4-14)16-10-21-18(22-11-16)25-17(8-19)9-20/h3-6,10-12,17H,7-9H2,1-2H3,(H,23,24). The number of hydrogen-bond acceptors (Lipinski definition) is 4. The van der Waals surface area contributed by atoms with Gasteiger partial charge in [0.1, 0.15) is 13.3 Å². The van der Waals surface area contributed by atoms with E-state index < -0.39 is 19.5 Å². The lowest BCUT2D eigenvalue weighted by atomic mass is 10.0. The maximum absolute atomic E-state index is 12.4. The summed E-state index contributed by atoms with van der Waals surface area (Å²) in [5, 5.41) is 2.84. The van der Waals surface area contributed by atoms with Gasteiger partial charge in [0.05, 0.1) is 0 Å². The third-order valence-corrected chi connectivity index (χ3v) is 3.52. The van der Waals surface area contributed by atoms with Crippen molar-refractivity contribution in [3.05, 3.63) is 42.2 Å². The van der Waals surface area contributed by atoms with Crippen LogP contribution in [0.25, 0.3) is 11.1 Å². The van der Waals surface area contributed by atoms with Crippen molar-refractivity contribution >= 4 is 5.91 Å². The SMILES string of the molecule is CC(=O)NC(C)Cc1ccc(-c2cnc(OC(CF)CF)nc2)cc1. The summed E-state index contributed by atoms with van der Waals surface area (Å²) >= 11 is 0. The highest BCUT2D eigenvalue weighted by atomic mass is 19.1. The summed E-state index contributed by atoms with van der Waals surface area (Å²) in [6.07, 6.45) is 2.66. The smallest absolute Gasteiger partial charge is 0.316 e. The van der Waals surface area contributed by atoms with Crippen molar-refractivity contribution in [1.82, 2.24) is 15.3 Å². The van der Waals surface area contributed by atoms with E-state index in [1.807, 2.05) is 31.2 Å². The Balaban J connectivity index is 2.00. The number of aromatic nitrogens is 2. The maximum Gasteiger partial charge on any atom is 0.316 e. The monoisotopic (exact) mass is 349 g/mol. The first-order chi connectivity index (χ1) is 12.0. The molecule has 134 valence electrons. The first kappa shape index (κ1) is 18.8. The molecule has 0 saturated carbocycles. The summed E-state index contributed by atoms with van der Waals surface area (Å²) in [4.78, 5) is 19.0. The molecule has 0 saturated heterocycles. The highest BCUT2D eigenvalue weighted by molar-refractivity contribution is 5.73. The Morgan fingerprint density at radius 1 is 1.12 bits per heavy atom. The molecule has 1 amide bonds. The first-order valence-corrected chi connectivity index (χ1v) is 7.99. The maximum atomic E-state index is 12.4. The molecule has 0 bridgehead atoms. The van der Waals surface area contributed by atoms with Gasteiger partial charge >= 0.3 is 6.01 Å². The van der Waals surface area contributed by atoms with E-state index in [0.29, 0.717) is 0 Å². The average Bonchev–Trinajstić information content (AvgIpc) is 2.60. The molecular weight excluding hydrogens is 328 g/mol. The molecule has 5 nitrogen and oxygen atoms in total. The van der Waals surface area contributed by atoms with Crippen LogP contribution in [0, 0.1) is 0 Å². The molecule has 0 fully saturated rings. The molecule has 2 aromatic rings. The van der Waals surface area contributed by atoms with Gasteiger partial charge in [0.25, 0.3) is 0 Å². The number of hydrogen-bond donors (Lipinski definition) is 1. The summed E-state index contributed by atoms with van der Waals surface area (Å²) in [5.74, 6) is -0.0497. The molecule has 25 heavy (non-hydrogen) atoms. The van der Waals surface area contributed by atoms with Gasteiger partial charge in [0.2, 0.25) is 5.91 Å². The van der Waals surface area contributed by atoms with Gasteiger partial charge in [-0.3, -0.25) is 4.79 Å². The van der Waals surface area contributed by atoms with Gasteiger partial charge < -0.3 is 10.1 Å². The number of rotatable bonds is 8. The molecule has 7 heteroatoms. The minimum atomic E-state index is -1.17. The lowest BCUT2D eigenvalue weighted by molar-refractivity contribution is -0.119. The van der Waals surface area contributed by atoms with Crippen LogP contribution in [-0.4, -0.2) is 41.4 Å². The first-order valence-electron chi connectivity index (χ1n) is 7.99. The number of ether oxygens (including phenoxy) is 1. The fourth-order valence-electron chi connectivity index (χ4n) is 2.36. The number of halogens is 2. The van der Waals surface area contributed by atoms with Crippen molar-refractivity contribution in [2.75, 3.05) is 13.3 Å². The van der Waals surface area contributed by atoms with E-state index in [1.165, 1.54) is 6.92 Å². The molecule has 0 aliphatic carbocycles. The van der Waals surface area contributed by atoms with Crippen molar-refractivity contribution in [2.45, 2.75) is 32.4 Å². The molecule has 0 radical (unpaired) electrons. The average molecular weight is 349 g/mol. The van der Waals surface area contributed by atoms with Gasteiger partial charge in [-0.05, 0) is 24.5 Å². The molecule has 1 aromatic carbocycles. The van der Waals surface area contributed by atoms with Crippen LogP contribution in [0.4, 0.5) is 8.78 Å². The zero-order valence-electron chi connectivity index (χ0n) is 14.2. The third-order valence-electron chi connectivity index (χ3n) is 3.52. The van der Waals surface area contributed by atoms with Crippen LogP contribution in [0.3, 0.4) is 0 Å². The summed E-state index contributed by atoms with van der Waals surface area (Å²) in [6, 6.07) is 7.81. The van der Waals surface area contributed by atoms with Crippen LogP contribution in [0.15, 0.2) is 36.7 Å². The van der Waals surface area contributed by atoms with E-state index in [2.05, 4.69) is 15.3 Å². The minimum absolute atomic E-state index is 0.0497. The third kappa shape index (κ3) is 5.77. The van der Waals surface area contributed by atoms with Gasteiger partial charge in [-0.15, -0.1) is 0 Å². The van der Waals surface area contributed by atoms with Crippen LogP contribution in [0.1, 0.15) is 19.4 Å². The van der Waals surface area contributed by atoms with E-state index in [9.17, 15) is 13.6 Å². The van der Waals surface area contributed by atoms with E-state index >= 15 is 0 Å². The Morgan fingerprint density at radius 2 is 1.72 bits per heavy atom. The molecule has 1 atom stereocenters. The molecule has 1 aromatic heterocycles. The number of carbonyl (C=O) groups is 1. The molecule has 0 aliphatic heterocycles. The van der Waals surface area contributed by atoms with Crippen molar-refractivity contribution in [3.8, 4) is 17.1 Å². The second kappa shape index (κ2) is 9.05. The molecule has 0 spiro atoms. The topological polar surface area (TPSA) is 64.1 Å². The Morgan fingerprint density at radius 3 is 2.24 bits per heavy atom. The highest BCUT2D eigenvalue weighted by Crippen LogP contribution is 2.20. The van der Waals surface area contributed by atoms with Crippen LogP contribution in [0.5, 0.6) is 6.01 Å². The summed E-state index contributed by atoms with van der Waals surface area (Å²) in [5.41, 5.74) is 2.78. The predicted molar refractivity (Wildman–Crippen MR) is 90.8 cm³/mol. The van der Waals surface area contributed by atoms with E-state index in [1.54, 1.807) is 12.4 Å². The summed E-state index contributed by atoms with van der Waals surface area (Å²) in [6.45, 7) is 1.58. The Kier molecular flexibility index (Phi) is 6.80. The van der Waals surface area contributed by atoms with Gasteiger partial charge in [0.15, 0.2) is 6.10 Å². The van der Waals surface area contributed by atoms with E-state index in [0.717, 1.165) is 23.1 Å². The largest absolute Gasteiger partial charge is 0.455 e. The van der Waals surface area contributed by atoms with Crippen molar-refractivity contribution in [3.63, 3.8) is 0 Å². The highest BCUT2D eigenvalue weighted by Gasteiger charge is 2.11. The molecular formula is C18H21F2N3O2. The predicted octanol–water partition coefficient (Wildman–Crippen LogP) is 2.90. The van der Waals surface area contributed by atoms with Crippen LogP contribution in [0.2, 0.25) is 0 Å². The lowest BCUT2D eigenvalue weighted by Crippen LogP contribution is -2.31. The van der Waals surface area contributed by atoms with Crippen molar-refractivity contribution in [1.29, 1.82) is 0 Å². The van der Waals surface area contributed by atoms with Crippen molar-refractivity contribution in [2.24, 2.45) is 0 Å². The Hall–Kier alpha value is -2.57. The zero-order chi connectivity index (χ0) is 18.2. The number of nitrogens with zero attached hydrogens (tertiary/aromatic N) is 2. The zero-order valence-corrected chi connectivity index (χ0v) is 14.2. The van der Waals surface area contributed by atoms with Gasteiger partial charge in [-0.2, -0.15) is 0 Å². The second-order valence-electron chi connectivity index (χ2n) is 5.81. The second-order valence-corrected chi connectivity index (χ2v) is 5.81. The van der Waals surface area contributed by atoms with E-state index in [4.69, 9.17) is 4.74 Å². The minimum Gasteiger partial charge on any atom is -0.455 e. The number of alkyl halides is 2. The van der Waals surface area contributed by atoms with Crippen LogP contribution in [-0.2, 0) is 11.2 Å². The Labute approximate surface area is 145 Å². The molecule has 1 unspecified atom stereocenters. The fourth-order valence-corrected chi connectivity index (χ4v) is 2.36. The van der Waals surface area contributed by atoms with Gasteiger partial charge in [-0.25, -0.2) is 18.7 Å². The van der Waals surface area contributed by atoms with Crippen LogP contribution >= 0.6 is 0 Å². The number of carbonyl (C=O) groups excluding carboxylic acids is 1. The summed E-state index contributed by atoms with van der Waals surface area (Å²) < 4.78 is 29.9. The normalized spacial score (nSPS) is 12.0. The fraction of sp³-hybridized carbons (Fsp3) is 0.389. The van der Waals surface area contributed by atoms with Crippen LogP contribution < -0.4 is 10.1 Å². The molecule has 1 heterocycles. The van der Waals surface area contributed by atoms with E-state index in [-0.39, 0.29) is 18.0 Å². The summed E-state index contributed by atoms with van der Waals surface area (Å²) in [7, 11) is 0. The molecule has 1 N–H and O–H groups in total. The van der Waals surface area contributed by atoms with Gasteiger partial charge in [0, 0.05) is 30.9 Å². The van der Waals surface area contributed by atoms with Gasteiger partial charge in [-0.1, -0.05) is 24.3 Å². The lowest BCUT2D eigenvalue weighted by Gasteiger charge is -2.13. The Bertz CT molecular complexity index is 674. The van der Waals surface area contributed by atoms with Crippen molar-refractivity contribution < 1.29 is 18.3 Å².